The van der Waals surface area contributed by atoms with E-state index >= 15 is 0 Å². The van der Waals surface area contributed by atoms with Crippen LogP contribution in [0, 0.1) is 5.92 Å². The molecule has 4 rings (SSSR count). The summed E-state index contributed by atoms with van der Waals surface area (Å²) in [4.78, 5) is 19.3. The number of anilines is 2. The van der Waals surface area contributed by atoms with Crippen LogP contribution in [0.25, 0.3) is 11.3 Å². The maximum Gasteiger partial charge on any atom is 0.212 e. The summed E-state index contributed by atoms with van der Waals surface area (Å²) in [6, 6.07) is 7.46. The van der Waals surface area contributed by atoms with Gasteiger partial charge in [0.15, 0.2) is 0 Å². The number of ether oxygens (including phenoxy) is 1. The van der Waals surface area contributed by atoms with Crippen molar-refractivity contribution in [2.45, 2.75) is 52.6 Å². The molecule has 2 aliphatic heterocycles. The van der Waals surface area contributed by atoms with Gasteiger partial charge in [-0.15, -0.1) is 0 Å². The molecule has 7 nitrogen and oxygen atoms in total. The van der Waals surface area contributed by atoms with Gasteiger partial charge in [-0.3, -0.25) is 4.79 Å². The first kappa shape index (κ1) is 26.0. The molecule has 0 bridgehead atoms. The normalized spacial score (nSPS) is 19.6. The van der Waals surface area contributed by atoms with E-state index in [1.165, 1.54) is 32.1 Å². The molecular formula is C24H36ClN5O2. The van der Waals surface area contributed by atoms with Crippen LogP contribution in [0.5, 0.6) is 0 Å². The van der Waals surface area contributed by atoms with Gasteiger partial charge in [-0.1, -0.05) is 31.5 Å². The van der Waals surface area contributed by atoms with E-state index in [4.69, 9.17) is 16.3 Å². The molecule has 1 amide bonds. The van der Waals surface area contributed by atoms with Crippen molar-refractivity contribution in [3.8, 4) is 11.3 Å². The van der Waals surface area contributed by atoms with Crippen LogP contribution in [-0.4, -0.2) is 48.7 Å². The first-order valence-corrected chi connectivity index (χ1v) is 11.9. The molecule has 2 aromatic heterocycles. The van der Waals surface area contributed by atoms with E-state index in [1.807, 2.05) is 32.0 Å². The Bertz CT molecular complexity index is 809. The Hall–Kier alpha value is -2.22. The Morgan fingerprint density at radius 3 is 2.69 bits per heavy atom. The van der Waals surface area contributed by atoms with Crippen LogP contribution in [0.4, 0.5) is 11.6 Å². The van der Waals surface area contributed by atoms with Crippen molar-refractivity contribution in [3.05, 3.63) is 35.5 Å². The Morgan fingerprint density at radius 2 is 2.03 bits per heavy atom. The summed E-state index contributed by atoms with van der Waals surface area (Å²) in [5.74, 6) is 1.82. The topological polar surface area (TPSA) is 88.2 Å². The lowest BCUT2D eigenvalue weighted by molar-refractivity contribution is -0.105. The van der Waals surface area contributed by atoms with Crippen molar-refractivity contribution < 1.29 is 9.53 Å². The number of rotatable bonds is 6. The molecule has 2 saturated heterocycles. The lowest BCUT2D eigenvalue weighted by atomic mass is 9.96. The largest absolute Gasteiger partial charge is 0.378 e. The molecule has 3 N–H and O–H groups in total. The predicted molar refractivity (Wildman–Crippen MR) is 132 cm³/mol. The van der Waals surface area contributed by atoms with Crippen LogP contribution in [-0.2, 0) is 9.53 Å². The van der Waals surface area contributed by atoms with Crippen LogP contribution in [0.1, 0.15) is 46.5 Å². The van der Waals surface area contributed by atoms with Crippen LogP contribution in [0.3, 0.4) is 0 Å². The zero-order valence-electron chi connectivity index (χ0n) is 19.4. The summed E-state index contributed by atoms with van der Waals surface area (Å²) in [5.41, 5.74) is 1.45. The van der Waals surface area contributed by atoms with Crippen LogP contribution >= 0.6 is 11.6 Å². The van der Waals surface area contributed by atoms with E-state index < -0.39 is 0 Å². The van der Waals surface area contributed by atoms with E-state index in [-0.39, 0.29) is 0 Å². The van der Waals surface area contributed by atoms with Crippen molar-refractivity contribution in [3.63, 3.8) is 0 Å². The highest BCUT2D eigenvalue weighted by atomic mass is 35.5. The SMILES string of the molecule is C1CCNC1.CC.CC1CC(CNc2cccc(-c3cc(NC=O)ncc3Cl)n2)CCO1. The molecule has 2 aromatic rings. The zero-order chi connectivity index (χ0) is 23.2. The van der Waals surface area contributed by atoms with Gasteiger partial charge in [-0.2, -0.15) is 0 Å². The average molecular weight is 462 g/mol. The molecule has 0 aliphatic carbocycles. The zero-order valence-corrected chi connectivity index (χ0v) is 20.1. The number of aromatic nitrogens is 2. The Balaban J connectivity index is 0.000000448. The van der Waals surface area contributed by atoms with Crippen LogP contribution in [0.15, 0.2) is 30.5 Å². The fourth-order valence-electron chi connectivity index (χ4n) is 3.61. The third-order valence-electron chi connectivity index (χ3n) is 5.21. The van der Waals surface area contributed by atoms with E-state index in [0.29, 0.717) is 29.3 Å². The molecule has 2 aliphatic rings. The maximum absolute atomic E-state index is 10.6. The Morgan fingerprint density at radius 1 is 1.25 bits per heavy atom. The smallest absolute Gasteiger partial charge is 0.212 e. The summed E-state index contributed by atoms with van der Waals surface area (Å²) in [6.45, 7) is 10.3. The minimum atomic E-state index is 0.319. The molecule has 0 saturated carbocycles. The fraction of sp³-hybridized carbons (Fsp3) is 0.542. The number of hydrogen-bond donors (Lipinski definition) is 3. The number of hydrogen-bond acceptors (Lipinski definition) is 6. The molecule has 0 spiro atoms. The predicted octanol–water partition coefficient (Wildman–Crippen LogP) is 4.99. The second-order valence-corrected chi connectivity index (χ2v) is 8.04. The number of amides is 1. The number of nitrogens with zero attached hydrogens (tertiary/aromatic N) is 2. The monoisotopic (exact) mass is 461 g/mol. The van der Waals surface area contributed by atoms with Crippen LogP contribution < -0.4 is 16.0 Å². The maximum atomic E-state index is 10.6. The van der Waals surface area contributed by atoms with Gasteiger partial charge in [-0.05, 0) is 69.8 Å². The van der Waals surface area contributed by atoms with Gasteiger partial charge in [0, 0.05) is 24.9 Å². The summed E-state index contributed by atoms with van der Waals surface area (Å²) in [5, 5.41) is 9.64. The molecule has 0 aromatic carbocycles. The van der Waals surface area contributed by atoms with Crippen molar-refractivity contribution in [1.82, 2.24) is 15.3 Å². The molecule has 8 heteroatoms. The number of halogens is 1. The number of carbonyl (C=O) groups is 1. The minimum absolute atomic E-state index is 0.319. The highest BCUT2D eigenvalue weighted by Gasteiger charge is 2.19. The Labute approximate surface area is 196 Å². The van der Waals surface area contributed by atoms with Gasteiger partial charge in [0.1, 0.15) is 11.6 Å². The van der Waals surface area contributed by atoms with Gasteiger partial charge < -0.3 is 20.7 Å². The molecular weight excluding hydrogens is 426 g/mol. The lowest BCUT2D eigenvalue weighted by Gasteiger charge is -2.27. The molecule has 2 fully saturated rings. The van der Waals surface area contributed by atoms with Crippen molar-refractivity contribution in [1.29, 1.82) is 0 Å². The third kappa shape index (κ3) is 8.73. The second kappa shape index (κ2) is 14.8. The summed E-state index contributed by atoms with van der Waals surface area (Å²) < 4.78 is 5.59. The van der Waals surface area contributed by atoms with E-state index in [0.717, 1.165) is 43.1 Å². The molecule has 32 heavy (non-hydrogen) atoms. The average Bonchev–Trinajstić information content (AvgIpc) is 3.41. The van der Waals surface area contributed by atoms with Gasteiger partial charge in [0.2, 0.25) is 6.41 Å². The number of nitrogens with one attached hydrogen (secondary N) is 3. The third-order valence-corrected chi connectivity index (χ3v) is 5.51. The first-order valence-electron chi connectivity index (χ1n) is 11.5. The molecule has 2 atom stereocenters. The molecule has 2 unspecified atom stereocenters. The van der Waals surface area contributed by atoms with Crippen LogP contribution in [0.2, 0.25) is 5.02 Å². The Kier molecular flexibility index (Phi) is 12.0. The summed E-state index contributed by atoms with van der Waals surface area (Å²) in [6.07, 6.45) is 7.31. The van der Waals surface area contributed by atoms with Gasteiger partial charge >= 0.3 is 0 Å². The highest BCUT2D eigenvalue weighted by Crippen LogP contribution is 2.29. The number of carbonyl (C=O) groups excluding carboxylic acids is 1. The van der Waals surface area contributed by atoms with Crippen molar-refractivity contribution in [2.24, 2.45) is 5.92 Å². The first-order chi connectivity index (χ1) is 15.7. The van der Waals surface area contributed by atoms with Crippen molar-refractivity contribution in [2.75, 3.05) is 36.9 Å². The molecule has 176 valence electrons. The lowest BCUT2D eigenvalue weighted by Crippen LogP contribution is -2.27. The van der Waals surface area contributed by atoms with Crippen molar-refractivity contribution >= 4 is 29.6 Å². The number of pyridine rings is 2. The van der Waals surface area contributed by atoms with Gasteiger partial charge in [-0.25, -0.2) is 9.97 Å². The molecule has 0 radical (unpaired) electrons. The van der Waals surface area contributed by atoms with Gasteiger partial charge in [0.05, 0.1) is 16.8 Å². The molecule has 4 heterocycles. The van der Waals surface area contributed by atoms with E-state index in [1.54, 1.807) is 6.07 Å². The minimum Gasteiger partial charge on any atom is -0.378 e. The highest BCUT2D eigenvalue weighted by molar-refractivity contribution is 6.33. The summed E-state index contributed by atoms with van der Waals surface area (Å²) >= 11 is 6.25. The van der Waals surface area contributed by atoms with E-state index in [2.05, 4.69) is 32.8 Å². The summed E-state index contributed by atoms with van der Waals surface area (Å²) in [7, 11) is 0. The fourth-order valence-corrected chi connectivity index (χ4v) is 3.81. The quantitative estimate of drug-likeness (QED) is 0.525. The standard InChI is InChI=1S/C18H21ClN4O2.C4H9N.C2H6/c1-12-7-13(5-6-25-12)9-20-17-4-2-3-16(23-17)14-8-18(22-11-24)21-10-15(14)19;1-2-4-5-3-1;1-2/h2-4,8,10-13H,5-7,9H2,1H3,(H,20,23)(H,21,22,24);5H,1-4H2;1-2H3. The van der Waals surface area contributed by atoms with Gasteiger partial charge in [0.25, 0.3) is 0 Å². The second-order valence-electron chi connectivity index (χ2n) is 7.63. The van der Waals surface area contributed by atoms with E-state index in [9.17, 15) is 4.79 Å².